The van der Waals surface area contributed by atoms with E-state index in [2.05, 4.69) is 25.5 Å². The minimum atomic E-state index is -3.60. The third-order valence-corrected chi connectivity index (χ3v) is 6.65. The standard InChI is InChI=1S/C21H25NO4S/c1-21(2,3)15-4-6-16(7-5-15)27(23,24)22-13-18-17-9-11-25-19(17)12-14-8-10-26-20(14)18/h4-7,12,22H,8-11,13H2,1-3H3. The molecule has 0 aliphatic carbocycles. The Morgan fingerprint density at radius 2 is 1.74 bits per heavy atom. The molecule has 1 N–H and O–H groups in total. The Bertz CT molecular complexity index is 940. The molecule has 27 heavy (non-hydrogen) atoms. The first kappa shape index (κ1) is 18.3. The van der Waals surface area contributed by atoms with Crippen LogP contribution < -0.4 is 14.2 Å². The van der Waals surface area contributed by atoms with Gasteiger partial charge in [0.05, 0.1) is 18.1 Å². The smallest absolute Gasteiger partial charge is 0.240 e. The first-order chi connectivity index (χ1) is 12.8. The van der Waals surface area contributed by atoms with E-state index in [-0.39, 0.29) is 16.9 Å². The quantitative estimate of drug-likeness (QED) is 0.874. The lowest BCUT2D eigenvalue weighted by Gasteiger charge is -2.19. The molecule has 0 fully saturated rings. The molecule has 0 saturated heterocycles. The molecule has 2 aliphatic heterocycles. The SMILES string of the molecule is CC(C)(C)c1ccc(S(=O)(=O)NCc2c3c(cc4c2OCC4)OCC3)cc1. The molecular formula is C21H25NO4S. The Balaban J connectivity index is 1.59. The Morgan fingerprint density at radius 1 is 1.04 bits per heavy atom. The summed E-state index contributed by atoms with van der Waals surface area (Å²) in [5, 5.41) is 0. The first-order valence-electron chi connectivity index (χ1n) is 9.29. The molecule has 2 aromatic rings. The van der Waals surface area contributed by atoms with Crippen LogP contribution in [0.5, 0.6) is 11.5 Å². The number of rotatable bonds is 4. The van der Waals surface area contributed by atoms with Crippen molar-refractivity contribution in [1.29, 1.82) is 0 Å². The van der Waals surface area contributed by atoms with Gasteiger partial charge in [-0.15, -0.1) is 0 Å². The van der Waals surface area contributed by atoms with Gasteiger partial charge in [-0.2, -0.15) is 0 Å². The molecular weight excluding hydrogens is 362 g/mol. The summed E-state index contributed by atoms with van der Waals surface area (Å²) in [6.45, 7) is 7.78. The summed E-state index contributed by atoms with van der Waals surface area (Å²) in [6.07, 6.45) is 1.61. The summed E-state index contributed by atoms with van der Waals surface area (Å²) in [6, 6.07) is 9.13. The third kappa shape index (κ3) is 3.44. The summed E-state index contributed by atoms with van der Waals surface area (Å²) < 4.78 is 39.8. The van der Waals surface area contributed by atoms with Crippen molar-refractivity contribution < 1.29 is 17.9 Å². The van der Waals surface area contributed by atoms with Crippen LogP contribution in [-0.2, 0) is 34.8 Å². The van der Waals surface area contributed by atoms with Crippen molar-refractivity contribution in [3.05, 3.63) is 52.6 Å². The number of nitrogens with one attached hydrogen (secondary N) is 1. The van der Waals surface area contributed by atoms with Crippen molar-refractivity contribution in [1.82, 2.24) is 4.72 Å². The zero-order chi connectivity index (χ0) is 19.2. The normalized spacial score (nSPS) is 15.8. The van der Waals surface area contributed by atoms with Crippen molar-refractivity contribution in [3.8, 4) is 11.5 Å². The molecule has 0 spiro atoms. The highest BCUT2D eigenvalue weighted by atomic mass is 32.2. The van der Waals surface area contributed by atoms with E-state index in [1.54, 1.807) is 12.1 Å². The number of benzene rings is 2. The Morgan fingerprint density at radius 3 is 2.44 bits per heavy atom. The maximum absolute atomic E-state index is 12.8. The average molecular weight is 388 g/mol. The molecule has 0 bridgehead atoms. The first-order valence-corrected chi connectivity index (χ1v) is 10.8. The van der Waals surface area contributed by atoms with Gasteiger partial charge in [0, 0.05) is 36.1 Å². The average Bonchev–Trinajstić information content (AvgIpc) is 3.26. The van der Waals surface area contributed by atoms with Gasteiger partial charge in [-0.05, 0) is 29.2 Å². The predicted octanol–water partition coefficient (Wildman–Crippen LogP) is 3.33. The second-order valence-corrected chi connectivity index (χ2v) is 9.88. The van der Waals surface area contributed by atoms with Gasteiger partial charge < -0.3 is 9.47 Å². The van der Waals surface area contributed by atoms with Crippen LogP contribution in [0, 0.1) is 0 Å². The molecule has 0 saturated carbocycles. The number of sulfonamides is 1. The number of ether oxygens (including phenoxy) is 2. The molecule has 0 unspecified atom stereocenters. The summed E-state index contributed by atoms with van der Waals surface area (Å²) >= 11 is 0. The Labute approximate surface area is 160 Å². The number of hydrogen-bond donors (Lipinski definition) is 1. The van der Waals surface area contributed by atoms with E-state index in [0.29, 0.717) is 13.2 Å². The monoisotopic (exact) mass is 387 g/mol. The molecule has 2 aliphatic rings. The van der Waals surface area contributed by atoms with Crippen molar-refractivity contribution >= 4 is 10.0 Å². The van der Waals surface area contributed by atoms with Crippen LogP contribution in [-0.4, -0.2) is 21.6 Å². The maximum Gasteiger partial charge on any atom is 0.240 e. The summed E-state index contributed by atoms with van der Waals surface area (Å²) in [5.41, 5.74) is 4.15. The molecule has 0 aromatic heterocycles. The highest BCUT2D eigenvalue weighted by Gasteiger charge is 2.27. The fraction of sp³-hybridized carbons (Fsp3) is 0.429. The summed E-state index contributed by atoms with van der Waals surface area (Å²) in [7, 11) is -3.60. The molecule has 6 heteroatoms. The topological polar surface area (TPSA) is 64.6 Å². The predicted molar refractivity (Wildman–Crippen MR) is 104 cm³/mol. The summed E-state index contributed by atoms with van der Waals surface area (Å²) in [4.78, 5) is 0.275. The number of fused-ring (bicyclic) bond motifs is 2. The van der Waals surface area contributed by atoms with Gasteiger partial charge in [-0.3, -0.25) is 0 Å². The van der Waals surface area contributed by atoms with Crippen LogP contribution in [0.1, 0.15) is 43.0 Å². The lowest BCUT2D eigenvalue weighted by atomic mass is 9.87. The third-order valence-electron chi connectivity index (χ3n) is 5.23. The molecule has 4 rings (SSSR count). The van der Waals surface area contributed by atoms with Crippen molar-refractivity contribution in [2.75, 3.05) is 13.2 Å². The molecule has 0 radical (unpaired) electrons. The van der Waals surface area contributed by atoms with Gasteiger partial charge in [0.2, 0.25) is 10.0 Å². The van der Waals surface area contributed by atoms with E-state index in [4.69, 9.17) is 9.47 Å². The number of hydrogen-bond acceptors (Lipinski definition) is 4. The van der Waals surface area contributed by atoms with Gasteiger partial charge in [0.1, 0.15) is 11.5 Å². The molecule has 2 heterocycles. The van der Waals surface area contributed by atoms with E-state index in [1.807, 2.05) is 18.2 Å². The van der Waals surface area contributed by atoms with Gasteiger partial charge in [-0.1, -0.05) is 32.9 Å². The lowest BCUT2D eigenvalue weighted by Crippen LogP contribution is -2.24. The second-order valence-electron chi connectivity index (χ2n) is 8.12. The van der Waals surface area contributed by atoms with Crippen molar-refractivity contribution in [3.63, 3.8) is 0 Å². The van der Waals surface area contributed by atoms with E-state index in [1.165, 1.54) is 0 Å². The fourth-order valence-electron chi connectivity index (χ4n) is 3.66. The maximum atomic E-state index is 12.8. The van der Waals surface area contributed by atoms with Gasteiger partial charge >= 0.3 is 0 Å². The molecule has 144 valence electrons. The largest absolute Gasteiger partial charge is 0.493 e. The van der Waals surface area contributed by atoms with Crippen LogP contribution in [0.25, 0.3) is 0 Å². The zero-order valence-corrected chi connectivity index (χ0v) is 16.8. The van der Waals surface area contributed by atoms with Crippen LogP contribution in [0.4, 0.5) is 0 Å². The molecule has 2 aromatic carbocycles. The van der Waals surface area contributed by atoms with Gasteiger partial charge in [0.25, 0.3) is 0 Å². The highest BCUT2D eigenvalue weighted by molar-refractivity contribution is 7.89. The molecule has 5 nitrogen and oxygen atoms in total. The Kier molecular flexibility index (Phi) is 4.43. The zero-order valence-electron chi connectivity index (χ0n) is 16.0. The highest BCUT2D eigenvalue weighted by Crippen LogP contribution is 2.40. The van der Waals surface area contributed by atoms with Crippen LogP contribution in [0.3, 0.4) is 0 Å². The Hall–Kier alpha value is -2.05. The van der Waals surface area contributed by atoms with E-state index in [9.17, 15) is 8.42 Å². The minimum absolute atomic E-state index is 0.0157. The van der Waals surface area contributed by atoms with Crippen LogP contribution in [0.15, 0.2) is 35.2 Å². The van der Waals surface area contributed by atoms with Crippen molar-refractivity contribution in [2.45, 2.75) is 50.5 Å². The van der Waals surface area contributed by atoms with E-state index >= 15 is 0 Å². The van der Waals surface area contributed by atoms with E-state index in [0.717, 1.165) is 46.6 Å². The van der Waals surface area contributed by atoms with Gasteiger partial charge in [0.15, 0.2) is 0 Å². The fourth-order valence-corrected chi connectivity index (χ4v) is 4.65. The van der Waals surface area contributed by atoms with Crippen LogP contribution in [0.2, 0.25) is 0 Å². The lowest BCUT2D eigenvalue weighted by molar-refractivity contribution is 0.352. The summed E-state index contributed by atoms with van der Waals surface area (Å²) in [5.74, 6) is 1.69. The molecule has 0 amide bonds. The van der Waals surface area contributed by atoms with E-state index < -0.39 is 10.0 Å². The van der Waals surface area contributed by atoms with Gasteiger partial charge in [-0.25, -0.2) is 13.1 Å². The molecule has 0 atom stereocenters. The minimum Gasteiger partial charge on any atom is -0.493 e. The van der Waals surface area contributed by atoms with Crippen LogP contribution >= 0.6 is 0 Å². The van der Waals surface area contributed by atoms with Crippen molar-refractivity contribution in [2.24, 2.45) is 0 Å². The second kappa shape index (κ2) is 6.53.